The molecule has 1 aromatic carbocycles. The molecule has 2 rings (SSSR count). The van der Waals surface area contributed by atoms with E-state index in [2.05, 4.69) is 11.4 Å². The molecular weight excluding hydrogens is 266 g/mol. The molecule has 0 bridgehead atoms. The van der Waals surface area contributed by atoms with Crippen molar-refractivity contribution in [1.29, 1.82) is 5.26 Å². The topological polar surface area (TPSA) is 65.4 Å². The van der Waals surface area contributed by atoms with E-state index in [0.717, 1.165) is 18.5 Å². The third-order valence-electron chi connectivity index (χ3n) is 3.47. The van der Waals surface area contributed by atoms with Crippen LogP contribution in [0.1, 0.15) is 32.3 Å². The molecule has 0 aromatic heterocycles. The van der Waals surface area contributed by atoms with Crippen LogP contribution in [-0.2, 0) is 4.74 Å². The number of carbonyl (C=O) groups is 1. The van der Waals surface area contributed by atoms with E-state index in [1.165, 1.54) is 0 Å². The molecule has 1 aliphatic rings. The van der Waals surface area contributed by atoms with E-state index in [9.17, 15) is 4.79 Å². The summed E-state index contributed by atoms with van der Waals surface area (Å²) >= 11 is 0. The molecule has 1 amide bonds. The van der Waals surface area contributed by atoms with Gasteiger partial charge in [-0.2, -0.15) is 5.26 Å². The van der Waals surface area contributed by atoms with Crippen LogP contribution in [0.5, 0.6) is 0 Å². The number of nitrogens with zero attached hydrogens (tertiary/aromatic N) is 2. The number of benzene rings is 1. The fourth-order valence-corrected chi connectivity index (χ4v) is 2.36. The SMILES string of the molecule is CC(C)OC(=O)N1CCC(Nc2ccc(C#N)cc2)CC1. The predicted octanol–water partition coefficient (Wildman–Crippen LogP) is 2.98. The largest absolute Gasteiger partial charge is 0.447 e. The van der Waals surface area contributed by atoms with Crippen molar-refractivity contribution in [2.24, 2.45) is 0 Å². The van der Waals surface area contributed by atoms with Gasteiger partial charge >= 0.3 is 6.09 Å². The Hall–Kier alpha value is -2.22. The molecule has 1 heterocycles. The maximum atomic E-state index is 11.8. The molecule has 1 fully saturated rings. The van der Waals surface area contributed by atoms with Crippen molar-refractivity contribution in [3.8, 4) is 6.07 Å². The molecule has 112 valence electrons. The first-order valence-electron chi connectivity index (χ1n) is 7.30. The van der Waals surface area contributed by atoms with Crippen molar-refractivity contribution in [2.75, 3.05) is 18.4 Å². The maximum absolute atomic E-state index is 11.8. The fraction of sp³-hybridized carbons (Fsp3) is 0.500. The number of likely N-dealkylation sites (tertiary alicyclic amines) is 1. The van der Waals surface area contributed by atoms with Crippen molar-refractivity contribution < 1.29 is 9.53 Å². The predicted molar refractivity (Wildman–Crippen MR) is 81.0 cm³/mol. The van der Waals surface area contributed by atoms with Gasteiger partial charge in [0.05, 0.1) is 17.7 Å². The first-order valence-corrected chi connectivity index (χ1v) is 7.30. The molecule has 1 aliphatic heterocycles. The zero-order valence-corrected chi connectivity index (χ0v) is 12.5. The molecule has 1 N–H and O–H groups in total. The van der Waals surface area contributed by atoms with Crippen LogP contribution in [0.3, 0.4) is 0 Å². The van der Waals surface area contributed by atoms with Gasteiger partial charge in [0.25, 0.3) is 0 Å². The second-order valence-electron chi connectivity index (χ2n) is 5.53. The molecular formula is C16H21N3O2. The summed E-state index contributed by atoms with van der Waals surface area (Å²) in [6.07, 6.45) is 1.49. The van der Waals surface area contributed by atoms with E-state index < -0.39 is 0 Å². The molecule has 0 atom stereocenters. The Labute approximate surface area is 125 Å². The highest BCUT2D eigenvalue weighted by atomic mass is 16.6. The number of amides is 1. The molecule has 0 radical (unpaired) electrons. The van der Waals surface area contributed by atoms with Crippen LogP contribution in [0.25, 0.3) is 0 Å². The Bertz CT molecular complexity index is 511. The Balaban J connectivity index is 1.81. The molecule has 5 nitrogen and oxygen atoms in total. The third kappa shape index (κ3) is 4.38. The van der Waals surface area contributed by atoms with E-state index in [0.29, 0.717) is 24.7 Å². The Morgan fingerprint density at radius 3 is 2.48 bits per heavy atom. The molecule has 0 unspecified atom stereocenters. The van der Waals surface area contributed by atoms with Gasteiger partial charge in [-0.25, -0.2) is 4.79 Å². The number of nitrogens with one attached hydrogen (secondary N) is 1. The fourth-order valence-electron chi connectivity index (χ4n) is 2.36. The van der Waals surface area contributed by atoms with Crippen molar-refractivity contribution >= 4 is 11.8 Å². The Kier molecular flexibility index (Phi) is 5.04. The number of hydrogen-bond donors (Lipinski definition) is 1. The Morgan fingerprint density at radius 1 is 1.33 bits per heavy atom. The average Bonchev–Trinajstić information content (AvgIpc) is 2.48. The van der Waals surface area contributed by atoms with Crippen LogP contribution in [0.2, 0.25) is 0 Å². The van der Waals surface area contributed by atoms with Crippen LogP contribution in [-0.4, -0.2) is 36.2 Å². The van der Waals surface area contributed by atoms with Gasteiger partial charge in [0.15, 0.2) is 0 Å². The summed E-state index contributed by atoms with van der Waals surface area (Å²) in [4.78, 5) is 13.6. The van der Waals surface area contributed by atoms with Gasteiger partial charge in [-0.1, -0.05) is 0 Å². The van der Waals surface area contributed by atoms with Crippen LogP contribution in [0.15, 0.2) is 24.3 Å². The molecule has 1 aromatic rings. The smallest absolute Gasteiger partial charge is 0.410 e. The molecule has 1 saturated heterocycles. The van der Waals surface area contributed by atoms with Gasteiger partial charge in [-0.15, -0.1) is 0 Å². The number of rotatable bonds is 3. The van der Waals surface area contributed by atoms with E-state index in [4.69, 9.17) is 10.00 Å². The minimum Gasteiger partial charge on any atom is -0.447 e. The van der Waals surface area contributed by atoms with Crippen molar-refractivity contribution in [3.05, 3.63) is 29.8 Å². The van der Waals surface area contributed by atoms with Crippen LogP contribution in [0, 0.1) is 11.3 Å². The van der Waals surface area contributed by atoms with Crippen molar-refractivity contribution in [3.63, 3.8) is 0 Å². The zero-order valence-electron chi connectivity index (χ0n) is 12.5. The minimum atomic E-state index is -0.221. The summed E-state index contributed by atoms with van der Waals surface area (Å²) < 4.78 is 5.20. The lowest BCUT2D eigenvalue weighted by Crippen LogP contribution is -2.43. The van der Waals surface area contributed by atoms with E-state index in [-0.39, 0.29) is 12.2 Å². The van der Waals surface area contributed by atoms with Crippen LogP contribution >= 0.6 is 0 Å². The third-order valence-corrected chi connectivity index (χ3v) is 3.47. The number of anilines is 1. The number of hydrogen-bond acceptors (Lipinski definition) is 4. The van der Waals surface area contributed by atoms with Gasteiger partial charge in [0.2, 0.25) is 0 Å². The van der Waals surface area contributed by atoms with Gasteiger partial charge in [-0.05, 0) is 51.0 Å². The summed E-state index contributed by atoms with van der Waals surface area (Å²) in [5.74, 6) is 0. The van der Waals surface area contributed by atoms with Crippen molar-refractivity contribution in [1.82, 2.24) is 4.90 Å². The number of carbonyl (C=O) groups excluding carboxylic acids is 1. The summed E-state index contributed by atoms with van der Waals surface area (Å²) in [7, 11) is 0. The lowest BCUT2D eigenvalue weighted by Gasteiger charge is -2.32. The average molecular weight is 287 g/mol. The monoisotopic (exact) mass is 287 g/mol. The quantitative estimate of drug-likeness (QED) is 0.928. The molecule has 21 heavy (non-hydrogen) atoms. The lowest BCUT2D eigenvalue weighted by molar-refractivity contribution is 0.0701. The van der Waals surface area contributed by atoms with Gasteiger partial charge in [0, 0.05) is 24.8 Å². The van der Waals surface area contributed by atoms with Crippen LogP contribution < -0.4 is 5.32 Å². The highest BCUT2D eigenvalue weighted by molar-refractivity contribution is 5.68. The van der Waals surface area contributed by atoms with Gasteiger partial charge < -0.3 is 15.0 Å². The molecule has 0 saturated carbocycles. The first-order chi connectivity index (χ1) is 10.1. The number of ether oxygens (including phenoxy) is 1. The first kappa shape index (κ1) is 15.2. The summed E-state index contributed by atoms with van der Waals surface area (Å²) in [6.45, 7) is 5.13. The maximum Gasteiger partial charge on any atom is 0.410 e. The lowest BCUT2D eigenvalue weighted by atomic mass is 10.0. The van der Waals surface area contributed by atoms with Gasteiger partial charge in [-0.3, -0.25) is 0 Å². The zero-order chi connectivity index (χ0) is 15.2. The second-order valence-corrected chi connectivity index (χ2v) is 5.53. The minimum absolute atomic E-state index is 0.0769. The van der Waals surface area contributed by atoms with Gasteiger partial charge in [0.1, 0.15) is 0 Å². The van der Waals surface area contributed by atoms with Crippen molar-refractivity contribution in [2.45, 2.75) is 38.8 Å². The highest BCUT2D eigenvalue weighted by Crippen LogP contribution is 2.18. The second kappa shape index (κ2) is 6.98. The summed E-state index contributed by atoms with van der Waals surface area (Å²) in [5, 5.41) is 12.2. The molecule has 0 aliphatic carbocycles. The molecule has 0 spiro atoms. The highest BCUT2D eigenvalue weighted by Gasteiger charge is 2.24. The summed E-state index contributed by atoms with van der Waals surface area (Å²) in [6, 6.07) is 9.89. The van der Waals surface area contributed by atoms with Crippen LogP contribution in [0.4, 0.5) is 10.5 Å². The standard InChI is InChI=1S/C16H21N3O2/c1-12(2)21-16(20)19-9-7-15(8-10-19)18-14-5-3-13(11-17)4-6-14/h3-6,12,15,18H,7-10H2,1-2H3. The summed E-state index contributed by atoms with van der Waals surface area (Å²) in [5.41, 5.74) is 1.67. The Morgan fingerprint density at radius 2 is 1.95 bits per heavy atom. The number of piperidine rings is 1. The normalized spacial score (nSPS) is 15.6. The van der Waals surface area contributed by atoms with E-state index in [1.54, 1.807) is 17.0 Å². The van der Waals surface area contributed by atoms with E-state index in [1.807, 2.05) is 26.0 Å². The molecule has 5 heteroatoms. The number of nitriles is 1. The van der Waals surface area contributed by atoms with E-state index >= 15 is 0 Å².